The van der Waals surface area contributed by atoms with Gasteiger partial charge >= 0.3 is 180 Å². The van der Waals surface area contributed by atoms with E-state index in [9.17, 15) is 19.8 Å². The third-order valence-corrected chi connectivity index (χ3v) is 9.08. The van der Waals surface area contributed by atoms with Crippen LogP contribution in [0.3, 0.4) is 0 Å². The van der Waals surface area contributed by atoms with Crippen molar-refractivity contribution in [3.05, 3.63) is 69.8 Å². The molecule has 0 radical (unpaired) electrons. The summed E-state index contributed by atoms with van der Waals surface area (Å²) in [4.78, 5) is 24.5. The first kappa shape index (κ1) is 19.7. The molecule has 0 saturated carbocycles. The van der Waals surface area contributed by atoms with E-state index < -0.39 is 11.9 Å². The summed E-state index contributed by atoms with van der Waals surface area (Å²) >= 11 is 0.0666. The molecule has 0 spiro atoms. The van der Waals surface area contributed by atoms with Crippen LogP contribution < -0.4 is 13.9 Å². The van der Waals surface area contributed by atoms with Gasteiger partial charge in [-0.15, -0.1) is 0 Å². The van der Waals surface area contributed by atoms with Crippen LogP contribution >= 0.6 is 0 Å². The summed E-state index contributed by atoms with van der Waals surface area (Å²) in [6.45, 7) is -0.148. The number of anilines is 1. The number of carboxylic acids is 2. The predicted octanol–water partition coefficient (Wildman–Crippen LogP) is 1.06. The Kier molecular flexibility index (Phi) is 5.69. The normalized spacial score (nSPS) is 14.8. The van der Waals surface area contributed by atoms with Crippen LogP contribution in [-0.2, 0) is 16.1 Å². The first-order valence-electron chi connectivity index (χ1n) is 8.80. The third kappa shape index (κ3) is 4.21. The molecule has 0 atom stereocenters. The van der Waals surface area contributed by atoms with Crippen molar-refractivity contribution in [2.45, 2.75) is 6.54 Å². The molecule has 146 valence electrons. The topological polar surface area (TPSA) is 81.7 Å². The van der Waals surface area contributed by atoms with E-state index >= 15 is 0 Å². The van der Waals surface area contributed by atoms with Crippen LogP contribution in [0.15, 0.2) is 65.3 Å². The monoisotopic (exact) mass is 521 g/mol. The van der Waals surface area contributed by atoms with Gasteiger partial charge in [0, 0.05) is 0 Å². The van der Waals surface area contributed by atoms with Gasteiger partial charge in [0.05, 0.1) is 0 Å². The second kappa shape index (κ2) is 8.39. The van der Waals surface area contributed by atoms with Crippen molar-refractivity contribution in [3.8, 4) is 0 Å². The Bertz CT molecular complexity index is 1170. The number of benzene rings is 2. The minimum atomic E-state index is -0.871. The number of carboxylic acid groups (broad SMARTS) is 2. The number of aromatic nitrogens is 1. The number of hydrogen-bond donors (Lipinski definition) is 2. The van der Waals surface area contributed by atoms with E-state index in [1.54, 1.807) is 0 Å². The molecule has 29 heavy (non-hydrogen) atoms. The van der Waals surface area contributed by atoms with Gasteiger partial charge in [0.25, 0.3) is 0 Å². The molecule has 0 unspecified atom stereocenters. The average molecular weight is 519 g/mol. The third-order valence-electron chi connectivity index (χ3n) is 4.34. The van der Waals surface area contributed by atoms with E-state index in [1.165, 1.54) is 8.72 Å². The van der Waals surface area contributed by atoms with Crippen molar-refractivity contribution in [1.82, 2.24) is 0 Å². The maximum absolute atomic E-state index is 11.3. The van der Waals surface area contributed by atoms with Gasteiger partial charge in [0.15, 0.2) is 0 Å². The number of hydrogen-bond acceptors (Lipinski definition) is 3. The fourth-order valence-corrected chi connectivity index (χ4v) is 7.67. The zero-order chi connectivity index (χ0) is 20.4. The number of fused-ring (bicyclic) bond motifs is 2. The maximum atomic E-state index is 11.3. The van der Waals surface area contributed by atoms with Crippen LogP contribution in [0.5, 0.6) is 0 Å². The number of aliphatic carboxylic acids is 2. The Morgan fingerprint density at radius 1 is 1.03 bits per heavy atom. The van der Waals surface area contributed by atoms with Gasteiger partial charge in [-0.1, -0.05) is 0 Å². The van der Waals surface area contributed by atoms with Gasteiger partial charge in [0.1, 0.15) is 0 Å². The van der Waals surface area contributed by atoms with Gasteiger partial charge in [-0.2, -0.15) is 0 Å². The molecule has 6 nitrogen and oxygen atoms in total. The van der Waals surface area contributed by atoms with Gasteiger partial charge in [-0.05, 0) is 0 Å². The molecule has 2 heterocycles. The van der Waals surface area contributed by atoms with Crippen molar-refractivity contribution >= 4 is 67.4 Å². The number of allylic oxidation sites excluding steroid dienone is 2. The first-order valence-corrected chi connectivity index (χ1v) is 12.2. The minimum absolute atomic E-state index is 0.0333. The summed E-state index contributed by atoms with van der Waals surface area (Å²) < 4.78 is 6.13. The zero-order valence-corrected chi connectivity index (χ0v) is 18.6. The van der Waals surface area contributed by atoms with Crippen molar-refractivity contribution in [2.75, 3.05) is 11.4 Å². The fourth-order valence-electron chi connectivity index (χ4n) is 3.16. The van der Waals surface area contributed by atoms with E-state index in [2.05, 4.69) is 0 Å². The number of rotatable bonds is 6. The van der Waals surface area contributed by atoms with Crippen molar-refractivity contribution in [2.24, 2.45) is 0 Å². The second-order valence-electron chi connectivity index (χ2n) is 6.30. The first-order chi connectivity index (χ1) is 14.0. The molecule has 0 aliphatic carbocycles. The summed E-state index contributed by atoms with van der Waals surface area (Å²) in [6.07, 6.45) is 5.82. The number of nitrogens with zero attached hydrogens (tertiary/aromatic N) is 2. The summed E-state index contributed by atoms with van der Waals surface area (Å²) in [5.74, 6) is -1.74. The molecular weight excluding hydrogens is 502 g/mol. The summed E-state index contributed by atoms with van der Waals surface area (Å²) in [5.41, 5.74) is 1.90. The Morgan fingerprint density at radius 3 is 2.59 bits per heavy atom. The molecule has 0 saturated heterocycles. The molecule has 1 aromatic heterocycles. The number of carbonyl (C=O) groups is 2. The molecule has 1 aliphatic rings. The molecule has 3 aromatic rings. The molecule has 0 bridgehead atoms. The van der Waals surface area contributed by atoms with Crippen LogP contribution in [0.4, 0.5) is 5.69 Å². The Hall–Kier alpha value is -2.63. The second-order valence-corrected chi connectivity index (χ2v) is 10.8. The van der Waals surface area contributed by atoms with Crippen LogP contribution in [0.25, 0.3) is 15.9 Å². The quantitative estimate of drug-likeness (QED) is 0.376. The standard InChI is InChI=1S/C21H16N2O4Se2/c24-20(25)12-22-14-6-1-3-8-16(14)28-18(22)10-5-11-19-23(13-21(26)27)15-7-2-4-9-17(15)29-19/h1-11H,12-13H2,(H-,24,25,26,27)/p+1. The van der Waals surface area contributed by atoms with Crippen LogP contribution in [-0.4, -0.2) is 58.2 Å². The molecule has 4 rings (SSSR count). The van der Waals surface area contributed by atoms with Crippen molar-refractivity contribution < 1.29 is 24.4 Å². The summed E-state index contributed by atoms with van der Waals surface area (Å²) in [5, 5.41) is 18.6. The fraction of sp³-hybridized carbons (Fsp3) is 0.0952. The van der Waals surface area contributed by atoms with Gasteiger partial charge in [0.2, 0.25) is 0 Å². The molecule has 2 aromatic carbocycles. The van der Waals surface area contributed by atoms with E-state index in [1.807, 2.05) is 76.2 Å². The summed E-state index contributed by atoms with van der Waals surface area (Å²) in [6, 6.07) is 15.7. The van der Waals surface area contributed by atoms with Crippen LogP contribution in [0.1, 0.15) is 4.57 Å². The van der Waals surface area contributed by atoms with E-state index in [0.717, 1.165) is 20.4 Å². The van der Waals surface area contributed by atoms with Crippen molar-refractivity contribution in [1.29, 1.82) is 0 Å². The number of para-hydroxylation sites is 2. The molecule has 8 heteroatoms. The van der Waals surface area contributed by atoms with Crippen molar-refractivity contribution in [3.63, 3.8) is 0 Å². The predicted molar refractivity (Wildman–Crippen MR) is 113 cm³/mol. The molecule has 2 N–H and O–H groups in total. The molecule has 0 amide bonds. The molecule has 0 fully saturated rings. The Labute approximate surface area is 179 Å². The van der Waals surface area contributed by atoms with Gasteiger partial charge in [-0.25, -0.2) is 0 Å². The van der Waals surface area contributed by atoms with Crippen LogP contribution in [0.2, 0.25) is 0 Å². The van der Waals surface area contributed by atoms with Crippen LogP contribution in [0, 0.1) is 0 Å². The molecular formula is C21H17N2O4Se2+. The Morgan fingerprint density at radius 2 is 1.79 bits per heavy atom. The van der Waals surface area contributed by atoms with E-state index in [4.69, 9.17) is 0 Å². The van der Waals surface area contributed by atoms with E-state index in [0.29, 0.717) is 0 Å². The molecule has 1 aliphatic heterocycles. The van der Waals surface area contributed by atoms with Gasteiger partial charge in [-0.3, -0.25) is 0 Å². The summed E-state index contributed by atoms with van der Waals surface area (Å²) in [7, 11) is 0. The SMILES string of the molecule is O=C(O)CN1/C(=C\C=C\c2[se]c3ccccc3[n+]2CC(=O)O)[Se]c2ccccc21. The average Bonchev–Trinajstić information content (AvgIpc) is 3.20. The van der Waals surface area contributed by atoms with Gasteiger partial charge < -0.3 is 0 Å². The zero-order valence-electron chi connectivity index (χ0n) is 15.2. The van der Waals surface area contributed by atoms with E-state index in [-0.39, 0.29) is 42.5 Å². The Balaban J connectivity index is 1.67.